The fourth-order valence-electron chi connectivity index (χ4n) is 2.69. The molecule has 2 aromatic carbocycles. The molecule has 0 saturated heterocycles. The fourth-order valence-corrected chi connectivity index (χ4v) is 3.20. The maximum absolute atomic E-state index is 13.8. The molecular formula is C23H25BrFN3O5. The molecule has 0 radical (unpaired) electrons. The zero-order chi connectivity index (χ0) is 24.4. The third-order valence-electron chi connectivity index (χ3n) is 4.35. The highest BCUT2D eigenvalue weighted by molar-refractivity contribution is 9.10. The Balaban J connectivity index is 1.97. The molecule has 8 nitrogen and oxygen atoms in total. The largest absolute Gasteiger partial charge is 0.481 e. The summed E-state index contributed by atoms with van der Waals surface area (Å²) in [5.74, 6) is -2.19. The summed E-state index contributed by atoms with van der Waals surface area (Å²) in [5.41, 5.74) is 2.88. The predicted octanol–water partition coefficient (Wildman–Crippen LogP) is 3.43. The number of halogens is 2. The lowest BCUT2D eigenvalue weighted by atomic mass is 10.0. The van der Waals surface area contributed by atoms with Gasteiger partial charge < -0.3 is 14.8 Å². The Hall–Kier alpha value is -3.27. The Labute approximate surface area is 199 Å². The van der Waals surface area contributed by atoms with Gasteiger partial charge in [0.2, 0.25) is 0 Å². The van der Waals surface area contributed by atoms with Crippen LogP contribution in [0.4, 0.5) is 4.39 Å². The van der Waals surface area contributed by atoms with Crippen LogP contribution in [0.2, 0.25) is 0 Å². The lowest BCUT2D eigenvalue weighted by molar-refractivity contribution is -0.145. The number of carbonyl (C=O) groups excluding carboxylic acids is 3. The average molecular weight is 522 g/mol. The van der Waals surface area contributed by atoms with Crippen LogP contribution >= 0.6 is 15.9 Å². The first kappa shape index (κ1) is 26.0. The zero-order valence-electron chi connectivity index (χ0n) is 18.4. The molecule has 33 heavy (non-hydrogen) atoms. The van der Waals surface area contributed by atoms with E-state index in [0.717, 1.165) is 0 Å². The maximum atomic E-state index is 13.8. The van der Waals surface area contributed by atoms with Crippen LogP contribution in [-0.4, -0.2) is 43.3 Å². The van der Waals surface area contributed by atoms with Crippen molar-refractivity contribution in [3.63, 3.8) is 0 Å². The van der Waals surface area contributed by atoms with Crippen LogP contribution < -0.4 is 15.5 Å². The first-order valence-corrected chi connectivity index (χ1v) is 11.0. The van der Waals surface area contributed by atoms with E-state index in [-0.39, 0.29) is 24.7 Å². The minimum absolute atomic E-state index is 0.144. The molecule has 1 atom stereocenters. The molecule has 1 unspecified atom stereocenters. The molecule has 0 aliphatic rings. The van der Waals surface area contributed by atoms with Gasteiger partial charge in [-0.05, 0) is 64.7 Å². The second kappa shape index (κ2) is 12.7. The Morgan fingerprint density at radius 3 is 2.55 bits per heavy atom. The number of carbonyl (C=O) groups is 3. The molecule has 0 saturated carbocycles. The summed E-state index contributed by atoms with van der Waals surface area (Å²) in [5, 5.41) is 6.47. The van der Waals surface area contributed by atoms with Crippen molar-refractivity contribution in [1.82, 2.24) is 10.7 Å². The van der Waals surface area contributed by atoms with Crippen LogP contribution in [0.1, 0.15) is 36.7 Å². The second-order valence-electron chi connectivity index (χ2n) is 7.19. The van der Waals surface area contributed by atoms with E-state index in [1.54, 1.807) is 39.0 Å². The molecule has 2 aromatic rings. The zero-order valence-corrected chi connectivity index (χ0v) is 20.0. The van der Waals surface area contributed by atoms with Gasteiger partial charge in [-0.15, -0.1) is 0 Å². The minimum atomic E-state index is -0.917. The van der Waals surface area contributed by atoms with E-state index < -0.39 is 29.6 Å². The summed E-state index contributed by atoms with van der Waals surface area (Å²) in [6.45, 7) is 5.27. The van der Waals surface area contributed by atoms with Crippen LogP contribution in [-0.2, 0) is 14.3 Å². The lowest BCUT2D eigenvalue weighted by Gasteiger charge is -2.20. The number of ether oxygens (including phenoxy) is 2. The highest BCUT2D eigenvalue weighted by Gasteiger charge is 2.25. The second-order valence-corrected chi connectivity index (χ2v) is 8.05. The fraction of sp³-hybridized carbons (Fsp3) is 0.304. The normalized spacial score (nSPS) is 11.8. The molecule has 2 rings (SSSR count). The smallest absolute Gasteiger partial charge is 0.344 e. The van der Waals surface area contributed by atoms with Crippen molar-refractivity contribution in [3.8, 4) is 5.75 Å². The first-order valence-electron chi connectivity index (χ1n) is 10.2. The molecule has 2 amide bonds. The van der Waals surface area contributed by atoms with Gasteiger partial charge in [-0.1, -0.05) is 26.0 Å². The van der Waals surface area contributed by atoms with E-state index in [1.165, 1.54) is 30.5 Å². The topological polar surface area (TPSA) is 106 Å². The van der Waals surface area contributed by atoms with Gasteiger partial charge in [-0.25, -0.2) is 14.6 Å². The van der Waals surface area contributed by atoms with Crippen LogP contribution in [0.15, 0.2) is 52.0 Å². The lowest BCUT2D eigenvalue weighted by Crippen LogP contribution is -2.48. The molecule has 0 aromatic heterocycles. The average Bonchev–Trinajstić information content (AvgIpc) is 2.77. The molecule has 0 spiro atoms. The summed E-state index contributed by atoms with van der Waals surface area (Å²) >= 11 is 3.35. The number of amides is 2. The first-order chi connectivity index (χ1) is 15.7. The molecule has 10 heteroatoms. The van der Waals surface area contributed by atoms with Gasteiger partial charge in [-0.3, -0.25) is 9.59 Å². The standard InChI is InChI=1S/C23H25BrFN3O5/c1-4-32-20(29)13-33-19-10-9-15(11-17(19)24)12-26-28-23(31)21(14(2)3)27-22(30)16-7-5-6-8-18(16)25/h5-12,14,21H,4,13H2,1-3H3,(H,27,30)(H,28,31). The van der Waals surface area contributed by atoms with Crippen LogP contribution in [0.25, 0.3) is 0 Å². The maximum Gasteiger partial charge on any atom is 0.344 e. The summed E-state index contributed by atoms with van der Waals surface area (Å²) < 4.78 is 24.6. The van der Waals surface area contributed by atoms with Crippen molar-refractivity contribution >= 4 is 39.9 Å². The predicted molar refractivity (Wildman–Crippen MR) is 124 cm³/mol. The van der Waals surface area contributed by atoms with E-state index in [9.17, 15) is 18.8 Å². The van der Waals surface area contributed by atoms with Crippen LogP contribution in [0, 0.1) is 11.7 Å². The highest BCUT2D eigenvalue weighted by Crippen LogP contribution is 2.25. The summed E-state index contributed by atoms with van der Waals surface area (Å²) in [7, 11) is 0. The van der Waals surface area contributed by atoms with Gasteiger partial charge in [0, 0.05) is 0 Å². The summed E-state index contributed by atoms with van der Waals surface area (Å²) in [6.07, 6.45) is 1.41. The molecule has 0 aliphatic carbocycles. The molecular weight excluding hydrogens is 497 g/mol. The number of hydrogen-bond acceptors (Lipinski definition) is 6. The van der Waals surface area contributed by atoms with Gasteiger partial charge in [0.1, 0.15) is 17.6 Å². The summed E-state index contributed by atoms with van der Waals surface area (Å²) in [4.78, 5) is 36.3. The van der Waals surface area contributed by atoms with E-state index in [1.807, 2.05) is 0 Å². The Morgan fingerprint density at radius 1 is 1.18 bits per heavy atom. The number of benzene rings is 2. The Morgan fingerprint density at radius 2 is 1.91 bits per heavy atom. The third kappa shape index (κ3) is 7.98. The van der Waals surface area contributed by atoms with E-state index >= 15 is 0 Å². The molecule has 0 bridgehead atoms. The highest BCUT2D eigenvalue weighted by atomic mass is 79.9. The molecule has 0 aliphatic heterocycles. The van der Waals surface area contributed by atoms with Crippen molar-refractivity contribution in [2.45, 2.75) is 26.8 Å². The number of nitrogens with zero attached hydrogens (tertiary/aromatic N) is 1. The van der Waals surface area contributed by atoms with Crippen molar-refractivity contribution in [1.29, 1.82) is 0 Å². The Kier molecular flexibility index (Phi) is 9.99. The molecule has 176 valence electrons. The number of hydrogen-bond donors (Lipinski definition) is 2. The van der Waals surface area contributed by atoms with Crippen molar-refractivity contribution in [2.75, 3.05) is 13.2 Å². The van der Waals surface area contributed by atoms with Crippen LogP contribution in [0.3, 0.4) is 0 Å². The SMILES string of the molecule is CCOC(=O)COc1ccc(C=NNC(=O)C(NC(=O)c2ccccc2F)C(C)C)cc1Br. The quantitative estimate of drug-likeness (QED) is 0.283. The van der Waals surface area contributed by atoms with Gasteiger partial charge in [-0.2, -0.15) is 5.10 Å². The number of nitrogens with one attached hydrogen (secondary N) is 2. The van der Waals surface area contributed by atoms with Gasteiger partial charge >= 0.3 is 5.97 Å². The van der Waals surface area contributed by atoms with E-state index in [4.69, 9.17) is 9.47 Å². The molecule has 0 heterocycles. The van der Waals surface area contributed by atoms with Crippen LogP contribution in [0.5, 0.6) is 5.75 Å². The number of rotatable bonds is 10. The minimum Gasteiger partial charge on any atom is -0.481 e. The van der Waals surface area contributed by atoms with Gasteiger partial charge in [0.15, 0.2) is 6.61 Å². The van der Waals surface area contributed by atoms with E-state index in [2.05, 4.69) is 31.8 Å². The van der Waals surface area contributed by atoms with Gasteiger partial charge in [0.25, 0.3) is 11.8 Å². The third-order valence-corrected chi connectivity index (χ3v) is 4.97. The number of esters is 1. The monoisotopic (exact) mass is 521 g/mol. The van der Waals surface area contributed by atoms with Gasteiger partial charge in [0.05, 0.1) is 22.9 Å². The molecule has 0 fully saturated rings. The number of hydrazone groups is 1. The van der Waals surface area contributed by atoms with Crippen molar-refractivity contribution in [3.05, 3.63) is 63.9 Å². The van der Waals surface area contributed by atoms with Crippen molar-refractivity contribution in [2.24, 2.45) is 11.0 Å². The van der Waals surface area contributed by atoms with E-state index in [0.29, 0.717) is 15.8 Å². The summed E-state index contributed by atoms with van der Waals surface area (Å²) in [6, 6.07) is 9.63. The van der Waals surface area contributed by atoms with Crippen molar-refractivity contribution < 1.29 is 28.2 Å². The Bertz CT molecular complexity index is 1030. The molecule has 2 N–H and O–H groups in total.